The molecule has 28 heavy (non-hydrogen) atoms. The van der Waals surface area contributed by atoms with Gasteiger partial charge in [-0.25, -0.2) is 0 Å². The van der Waals surface area contributed by atoms with Crippen molar-refractivity contribution in [3.63, 3.8) is 0 Å². The number of hydrogen-bond acceptors (Lipinski definition) is 6. The van der Waals surface area contributed by atoms with E-state index in [1.54, 1.807) is 4.90 Å². The molecule has 1 amide bonds. The number of β-amino-alcohol motifs (C(OH)–C–C–N with tert-alkyl or cyclic N) is 1. The number of carbonyl (C=O) groups excluding carboxylic acids is 2. The Kier molecular flexibility index (Phi) is 15.7. The molecule has 1 aromatic carbocycles. The summed E-state index contributed by atoms with van der Waals surface area (Å²) < 4.78 is 0. The molecule has 1 fully saturated rings. The lowest BCUT2D eigenvalue weighted by atomic mass is 9.92. The number of hydrogen-bond donors (Lipinski definition) is 3. The molecule has 0 spiro atoms. The van der Waals surface area contributed by atoms with Crippen molar-refractivity contribution in [1.82, 2.24) is 10.2 Å². The second-order valence-corrected chi connectivity index (χ2v) is 7.36. The molecule has 4 N–H and O–H groups in total. The maximum absolute atomic E-state index is 11.6. The molecule has 0 radical (unpaired) electrons. The number of likely N-dealkylation sites (tertiary alicyclic amines) is 1. The molecule has 0 saturated carbocycles. The summed E-state index contributed by atoms with van der Waals surface area (Å²) in [6, 6.07) is 9.63. The number of aliphatic hydroxyl groups is 1. The van der Waals surface area contributed by atoms with E-state index in [-0.39, 0.29) is 17.4 Å². The van der Waals surface area contributed by atoms with Crippen LogP contribution in [0.4, 0.5) is 0 Å². The molecule has 7 nitrogen and oxygen atoms in total. The maximum Gasteiger partial charge on any atom is 0.223 e. The van der Waals surface area contributed by atoms with Crippen molar-refractivity contribution < 1.29 is 14.7 Å². The zero-order chi connectivity index (χ0) is 22.2. The molecular formula is C21H36N4O3. The van der Waals surface area contributed by atoms with Crippen LogP contribution in [0.25, 0.3) is 0 Å². The highest BCUT2D eigenvalue weighted by molar-refractivity contribution is 5.77. The zero-order valence-electron chi connectivity index (χ0n) is 17.9. The van der Waals surface area contributed by atoms with Gasteiger partial charge in [0.05, 0.1) is 17.7 Å². The van der Waals surface area contributed by atoms with Crippen molar-refractivity contribution in [1.29, 1.82) is 5.26 Å². The van der Waals surface area contributed by atoms with Gasteiger partial charge in [0.15, 0.2) is 0 Å². The van der Waals surface area contributed by atoms with Gasteiger partial charge in [0, 0.05) is 26.1 Å². The zero-order valence-corrected chi connectivity index (χ0v) is 17.9. The van der Waals surface area contributed by atoms with E-state index < -0.39 is 0 Å². The topological polar surface area (TPSA) is 119 Å². The highest BCUT2D eigenvalue weighted by Gasteiger charge is 2.27. The van der Waals surface area contributed by atoms with Crippen molar-refractivity contribution in [2.24, 2.45) is 11.1 Å². The van der Waals surface area contributed by atoms with Gasteiger partial charge in [-0.3, -0.25) is 4.79 Å². The summed E-state index contributed by atoms with van der Waals surface area (Å²) in [5.74, 6) is 0.170. The van der Waals surface area contributed by atoms with E-state index in [1.807, 2.05) is 38.1 Å². The normalized spacial score (nSPS) is 14.9. The number of amides is 1. The molecule has 1 saturated heterocycles. The maximum atomic E-state index is 11.6. The number of rotatable bonds is 3. The number of nitrogens with two attached hydrogens (primary N) is 1. The Morgan fingerprint density at radius 3 is 2.21 bits per heavy atom. The van der Waals surface area contributed by atoms with Crippen LogP contribution in [-0.4, -0.2) is 56.0 Å². The highest BCUT2D eigenvalue weighted by Crippen LogP contribution is 2.21. The molecule has 7 heteroatoms. The van der Waals surface area contributed by atoms with Crippen LogP contribution in [-0.2, 0) is 16.1 Å². The molecular weight excluding hydrogens is 356 g/mol. The summed E-state index contributed by atoms with van der Waals surface area (Å²) >= 11 is 0. The molecule has 0 aromatic heterocycles. The first kappa shape index (κ1) is 27.9. The van der Waals surface area contributed by atoms with Crippen LogP contribution in [0, 0.1) is 16.7 Å². The van der Waals surface area contributed by atoms with Crippen molar-refractivity contribution in [3.05, 3.63) is 35.4 Å². The standard InChI is InChI=1S/C10H19NO2.C9H10N2.CH5N.CH2O/c1-10(2,3)6-9(13)11-5-4-8(12)7-11;1-11-7-9-4-2-8(6-10)3-5-9;2*1-2/h8,12H,4-7H2,1-3H3;2-5,11H,7H2,1H3;2H2,1H3;1H2. The molecule has 1 aromatic rings. The van der Waals surface area contributed by atoms with E-state index in [0.29, 0.717) is 18.5 Å². The fraction of sp³-hybridized carbons (Fsp3) is 0.571. The lowest BCUT2D eigenvalue weighted by molar-refractivity contribution is -0.132. The minimum atomic E-state index is -0.302. The van der Waals surface area contributed by atoms with E-state index in [0.717, 1.165) is 19.5 Å². The molecule has 1 atom stereocenters. The summed E-state index contributed by atoms with van der Waals surface area (Å²) in [7, 11) is 3.40. The fourth-order valence-electron chi connectivity index (χ4n) is 2.44. The molecule has 0 bridgehead atoms. The van der Waals surface area contributed by atoms with Crippen LogP contribution in [0.15, 0.2) is 24.3 Å². The molecule has 1 heterocycles. The van der Waals surface area contributed by atoms with Crippen LogP contribution >= 0.6 is 0 Å². The average Bonchev–Trinajstić information content (AvgIpc) is 3.12. The van der Waals surface area contributed by atoms with Crippen molar-refractivity contribution >= 4 is 12.7 Å². The third-order valence-electron chi connectivity index (χ3n) is 3.66. The second-order valence-electron chi connectivity index (χ2n) is 7.36. The van der Waals surface area contributed by atoms with Gasteiger partial charge in [-0.05, 0) is 43.6 Å². The van der Waals surface area contributed by atoms with Gasteiger partial charge in [-0.15, -0.1) is 0 Å². The van der Waals surface area contributed by atoms with Gasteiger partial charge in [0.25, 0.3) is 0 Å². The van der Waals surface area contributed by atoms with E-state index in [1.165, 1.54) is 12.6 Å². The lowest BCUT2D eigenvalue weighted by Crippen LogP contribution is -2.32. The molecule has 1 unspecified atom stereocenters. The van der Waals surface area contributed by atoms with Gasteiger partial charge in [-0.1, -0.05) is 32.9 Å². The average molecular weight is 393 g/mol. The minimum absolute atomic E-state index is 0.0463. The van der Waals surface area contributed by atoms with Crippen molar-refractivity contribution in [3.8, 4) is 6.07 Å². The Labute approximate surface area is 169 Å². The number of carbonyl (C=O) groups is 2. The number of benzene rings is 1. The highest BCUT2D eigenvalue weighted by atomic mass is 16.3. The van der Waals surface area contributed by atoms with Crippen LogP contribution in [0.5, 0.6) is 0 Å². The summed E-state index contributed by atoms with van der Waals surface area (Å²) in [4.78, 5) is 21.4. The Morgan fingerprint density at radius 1 is 1.32 bits per heavy atom. The summed E-state index contributed by atoms with van der Waals surface area (Å²) in [5.41, 5.74) is 6.46. The molecule has 158 valence electrons. The Hall–Kier alpha value is -2.27. The smallest absolute Gasteiger partial charge is 0.223 e. The Balaban J connectivity index is 0. The summed E-state index contributed by atoms with van der Waals surface area (Å²) in [6.07, 6.45) is 0.999. The molecule has 0 aliphatic carbocycles. The van der Waals surface area contributed by atoms with Gasteiger partial charge in [0.2, 0.25) is 5.91 Å². The van der Waals surface area contributed by atoms with Crippen LogP contribution in [0.3, 0.4) is 0 Å². The number of nitriles is 1. The quantitative estimate of drug-likeness (QED) is 0.720. The first-order valence-electron chi connectivity index (χ1n) is 9.21. The van der Waals surface area contributed by atoms with Gasteiger partial charge in [0.1, 0.15) is 6.79 Å². The van der Waals surface area contributed by atoms with E-state index in [2.05, 4.69) is 37.9 Å². The predicted molar refractivity (Wildman–Crippen MR) is 112 cm³/mol. The van der Waals surface area contributed by atoms with Gasteiger partial charge in [-0.2, -0.15) is 5.26 Å². The monoisotopic (exact) mass is 392 g/mol. The SMILES string of the molecule is C=O.CC(C)(C)CC(=O)N1CCC(O)C1.CN.CNCc1ccc(C#N)cc1. The number of nitrogens with one attached hydrogen (secondary N) is 1. The van der Waals surface area contributed by atoms with Gasteiger partial charge >= 0.3 is 0 Å². The summed E-state index contributed by atoms with van der Waals surface area (Å²) in [5, 5.41) is 20.8. The number of nitrogens with zero attached hydrogens (tertiary/aromatic N) is 2. The third kappa shape index (κ3) is 13.0. The second kappa shape index (κ2) is 15.8. The third-order valence-corrected chi connectivity index (χ3v) is 3.66. The van der Waals surface area contributed by atoms with E-state index in [9.17, 15) is 9.90 Å². The predicted octanol–water partition coefficient (Wildman–Crippen LogP) is 1.68. The van der Waals surface area contributed by atoms with Crippen LogP contribution in [0.1, 0.15) is 44.7 Å². The Bertz CT molecular complexity index is 577. The number of aliphatic hydroxyl groups excluding tert-OH is 1. The molecule has 1 aliphatic heterocycles. The van der Waals surface area contributed by atoms with Crippen molar-refractivity contribution in [2.75, 3.05) is 27.2 Å². The van der Waals surface area contributed by atoms with Crippen LogP contribution < -0.4 is 11.1 Å². The minimum Gasteiger partial charge on any atom is -0.391 e. The first-order valence-corrected chi connectivity index (χ1v) is 9.21. The van der Waals surface area contributed by atoms with Crippen molar-refractivity contribution in [2.45, 2.75) is 46.3 Å². The van der Waals surface area contributed by atoms with Crippen LogP contribution in [0.2, 0.25) is 0 Å². The largest absolute Gasteiger partial charge is 0.391 e. The Morgan fingerprint density at radius 2 is 1.86 bits per heavy atom. The van der Waals surface area contributed by atoms with Gasteiger partial charge < -0.3 is 25.9 Å². The van der Waals surface area contributed by atoms with E-state index in [4.69, 9.17) is 10.1 Å². The summed E-state index contributed by atoms with van der Waals surface area (Å²) in [6.45, 7) is 10.3. The first-order chi connectivity index (χ1) is 13.2. The fourth-order valence-corrected chi connectivity index (χ4v) is 2.44. The van der Waals surface area contributed by atoms with E-state index >= 15 is 0 Å². The molecule has 2 rings (SSSR count). The lowest BCUT2D eigenvalue weighted by Gasteiger charge is -2.22. The molecule has 1 aliphatic rings.